The molecule has 3 amide bonds. The maximum atomic E-state index is 14.0. The van der Waals surface area contributed by atoms with Gasteiger partial charge in [0.15, 0.2) is 5.65 Å². The average Bonchev–Trinajstić information content (AvgIpc) is 3.86. The number of aromatic hydroxyl groups is 1. The van der Waals surface area contributed by atoms with E-state index in [0.29, 0.717) is 23.4 Å². The number of amides is 3. The minimum atomic E-state index is -0.882. The van der Waals surface area contributed by atoms with Gasteiger partial charge < -0.3 is 35.6 Å². The molecule has 5 N–H and O–H groups in total. The first-order valence-corrected chi connectivity index (χ1v) is 19.1. The van der Waals surface area contributed by atoms with E-state index < -0.39 is 23.6 Å². The van der Waals surface area contributed by atoms with Crippen molar-refractivity contribution in [3.8, 4) is 27.4 Å². The van der Waals surface area contributed by atoms with Gasteiger partial charge in [-0.2, -0.15) is 0 Å². The van der Waals surface area contributed by atoms with Gasteiger partial charge in [0.1, 0.15) is 17.8 Å². The number of β-amino-alcohol motifs (C(OH)–C–C–N with tert-alkyl or cyclic N) is 1. The van der Waals surface area contributed by atoms with Crippen molar-refractivity contribution in [2.45, 2.75) is 71.2 Å². The fourth-order valence-electron chi connectivity index (χ4n) is 7.22. The molecule has 14 heteroatoms. The van der Waals surface area contributed by atoms with Crippen LogP contribution in [0.15, 0.2) is 66.2 Å². The highest BCUT2D eigenvalue weighted by molar-refractivity contribution is 7.13. The maximum absolute atomic E-state index is 14.0. The van der Waals surface area contributed by atoms with Crippen LogP contribution in [0.4, 0.5) is 0 Å². The molecule has 5 heterocycles. The van der Waals surface area contributed by atoms with Crippen LogP contribution in [0.5, 0.6) is 5.75 Å². The van der Waals surface area contributed by atoms with Gasteiger partial charge in [0, 0.05) is 68.1 Å². The summed E-state index contributed by atoms with van der Waals surface area (Å²) in [6.07, 6.45) is -0.503. The lowest BCUT2D eigenvalue weighted by Crippen LogP contribution is -2.58. The molecule has 0 radical (unpaired) electrons. The van der Waals surface area contributed by atoms with Crippen molar-refractivity contribution in [1.82, 2.24) is 40.6 Å². The molecule has 2 aliphatic rings. The van der Waals surface area contributed by atoms with Crippen LogP contribution in [0.2, 0.25) is 0 Å². The number of fused-ring (bicyclic) bond motifs is 1. The highest BCUT2D eigenvalue weighted by Gasteiger charge is 2.44. The molecule has 13 nitrogen and oxygen atoms in total. The standard InChI is InChI=1S/C40H46N8O5S/c1-23-35(54-22-42-23)25-11-9-24(10-12-25)18-41-38(52)32-17-28(49)21-48(32)39(53)36(40(2,3)4)44-34(51)13-14-47-19-27(20-47)30-15-26-16-31(45-46-37(26)43-30)29-7-5-6-8-33(29)50/h5-12,15-16,22,27-28,32,36,49-50H,13-14,17-21H2,1-4H3,(H,41,52)(H,43,46)(H,44,51)/t28-,32+,36-/m1/s1. The van der Waals surface area contributed by atoms with Crippen LogP contribution in [-0.2, 0) is 20.9 Å². The van der Waals surface area contributed by atoms with Gasteiger partial charge in [-0.05, 0) is 47.7 Å². The minimum Gasteiger partial charge on any atom is -0.507 e. The SMILES string of the molecule is Cc1ncsc1-c1ccc(CNC(=O)[C@@H]2C[C@@H](O)CN2C(=O)[C@@H](NC(=O)CCN2CC(c3cc4cc(-c5ccccc5O)nnc4[nH]3)C2)C(C)(C)C)cc1. The second-order valence-corrected chi connectivity index (χ2v) is 16.3. The number of hydrogen-bond donors (Lipinski definition) is 5. The molecule has 0 spiro atoms. The van der Waals surface area contributed by atoms with Crippen molar-refractivity contribution < 1.29 is 24.6 Å². The molecule has 2 aromatic carbocycles. The van der Waals surface area contributed by atoms with Crippen molar-refractivity contribution in [2.75, 3.05) is 26.2 Å². The van der Waals surface area contributed by atoms with Crippen LogP contribution < -0.4 is 10.6 Å². The summed E-state index contributed by atoms with van der Waals surface area (Å²) in [6, 6.07) is 17.2. The third-order valence-corrected chi connectivity index (χ3v) is 11.3. The van der Waals surface area contributed by atoms with Crippen LogP contribution in [0.1, 0.15) is 56.5 Å². The number of likely N-dealkylation sites (tertiary alicyclic amines) is 2. The third-order valence-electron chi connectivity index (χ3n) is 10.3. The number of H-pyrrole nitrogens is 1. The van der Waals surface area contributed by atoms with Crippen LogP contribution in [0.25, 0.3) is 32.7 Å². The molecule has 0 unspecified atom stereocenters. The van der Waals surface area contributed by atoms with Gasteiger partial charge in [-0.25, -0.2) is 4.98 Å². The predicted molar refractivity (Wildman–Crippen MR) is 206 cm³/mol. The van der Waals surface area contributed by atoms with Gasteiger partial charge in [0.05, 0.1) is 27.9 Å². The number of nitrogens with zero attached hydrogens (tertiary/aromatic N) is 5. The summed E-state index contributed by atoms with van der Waals surface area (Å²) in [7, 11) is 0. The van der Waals surface area contributed by atoms with Crippen LogP contribution in [-0.4, -0.2) is 102 Å². The van der Waals surface area contributed by atoms with Gasteiger partial charge in [0.2, 0.25) is 17.7 Å². The molecule has 3 aromatic heterocycles. The molecule has 2 aliphatic heterocycles. The highest BCUT2D eigenvalue weighted by atomic mass is 32.1. The number of carbonyl (C=O) groups excluding carboxylic acids is 3. The Morgan fingerprint density at radius 2 is 1.80 bits per heavy atom. The van der Waals surface area contributed by atoms with E-state index in [1.165, 1.54) is 4.90 Å². The summed E-state index contributed by atoms with van der Waals surface area (Å²) in [6.45, 7) is 9.97. The van der Waals surface area contributed by atoms with E-state index in [9.17, 15) is 24.6 Å². The maximum Gasteiger partial charge on any atom is 0.246 e. The number of nitrogens with one attached hydrogen (secondary N) is 3. The number of rotatable bonds is 11. The Morgan fingerprint density at radius 3 is 2.50 bits per heavy atom. The summed E-state index contributed by atoms with van der Waals surface area (Å²) in [5, 5.41) is 36.2. The number of phenols is 1. The number of aryl methyl sites for hydroxylation is 1. The monoisotopic (exact) mass is 750 g/mol. The van der Waals surface area contributed by atoms with E-state index in [2.05, 4.69) is 41.8 Å². The van der Waals surface area contributed by atoms with E-state index in [0.717, 1.165) is 45.9 Å². The Labute approximate surface area is 317 Å². The number of carbonyl (C=O) groups is 3. The number of thiazole rings is 1. The molecule has 3 atom stereocenters. The van der Waals surface area contributed by atoms with E-state index in [1.54, 1.807) is 29.5 Å². The fraction of sp³-hybridized carbons (Fsp3) is 0.400. The minimum absolute atomic E-state index is 0.0206. The van der Waals surface area contributed by atoms with Crippen LogP contribution in [0, 0.1) is 12.3 Å². The first-order valence-electron chi connectivity index (χ1n) is 18.3. The lowest BCUT2D eigenvalue weighted by atomic mass is 9.85. The second kappa shape index (κ2) is 15.3. The van der Waals surface area contributed by atoms with Gasteiger partial charge >= 0.3 is 0 Å². The lowest BCUT2D eigenvalue weighted by molar-refractivity contribution is -0.144. The number of aromatic nitrogens is 4. The number of aromatic amines is 1. The van der Waals surface area contributed by atoms with E-state index in [-0.39, 0.29) is 55.3 Å². The third kappa shape index (κ3) is 8.00. The first-order chi connectivity index (χ1) is 25.8. The number of para-hydroxylation sites is 1. The smallest absolute Gasteiger partial charge is 0.246 e. The Hall–Kier alpha value is -5.18. The second-order valence-electron chi connectivity index (χ2n) is 15.4. The summed E-state index contributed by atoms with van der Waals surface area (Å²) in [5.74, 6) is -0.573. The molecule has 0 saturated carbocycles. The van der Waals surface area contributed by atoms with Crippen molar-refractivity contribution in [2.24, 2.45) is 5.41 Å². The number of aliphatic hydroxyl groups excluding tert-OH is 1. The van der Waals surface area contributed by atoms with E-state index in [4.69, 9.17) is 0 Å². The average molecular weight is 751 g/mol. The van der Waals surface area contributed by atoms with Gasteiger partial charge in [-0.3, -0.25) is 14.4 Å². The predicted octanol–water partition coefficient (Wildman–Crippen LogP) is 4.36. The van der Waals surface area contributed by atoms with Crippen molar-refractivity contribution in [1.29, 1.82) is 0 Å². The Morgan fingerprint density at radius 1 is 1.04 bits per heavy atom. The molecule has 54 heavy (non-hydrogen) atoms. The van der Waals surface area contributed by atoms with Crippen molar-refractivity contribution >= 4 is 40.1 Å². The molecule has 282 valence electrons. The largest absolute Gasteiger partial charge is 0.507 e. The van der Waals surface area contributed by atoms with E-state index in [1.807, 2.05) is 69.6 Å². The molecule has 0 aliphatic carbocycles. The molecule has 2 saturated heterocycles. The number of phenolic OH excluding ortho intramolecular Hbond substituents is 1. The van der Waals surface area contributed by atoms with Crippen molar-refractivity contribution in [3.63, 3.8) is 0 Å². The van der Waals surface area contributed by atoms with Crippen LogP contribution >= 0.6 is 11.3 Å². The van der Waals surface area contributed by atoms with E-state index >= 15 is 0 Å². The Bertz CT molecular complexity index is 2150. The summed E-state index contributed by atoms with van der Waals surface area (Å²) in [5.41, 5.74) is 7.07. The zero-order valence-corrected chi connectivity index (χ0v) is 31.7. The molecule has 5 aromatic rings. The Kier molecular flexibility index (Phi) is 10.5. The number of hydrogen-bond acceptors (Lipinski definition) is 10. The zero-order chi connectivity index (χ0) is 38.1. The molecular weight excluding hydrogens is 705 g/mol. The van der Waals surface area contributed by atoms with Gasteiger partial charge in [-0.15, -0.1) is 21.5 Å². The molecular formula is C40H46N8O5S. The summed E-state index contributed by atoms with van der Waals surface area (Å²) in [4.78, 5) is 53.1. The molecule has 7 rings (SSSR count). The van der Waals surface area contributed by atoms with Crippen molar-refractivity contribution in [3.05, 3.63) is 83.1 Å². The lowest BCUT2D eigenvalue weighted by Gasteiger charge is -2.39. The highest BCUT2D eigenvalue weighted by Crippen LogP contribution is 2.33. The summed E-state index contributed by atoms with van der Waals surface area (Å²) < 4.78 is 0. The Balaban J connectivity index is 0.911. The number of benzene rings is 2. The molecule has 2 fully saturated rings. The normalized spacial score (nSPS) is 18.4. The first kappa shape index (κ1) is 37.1. The molecule has 0 bridgehead atoms. The van der Waals surface area contributed by atoms with Crippen LogP contribution in [0.3, 0.4) is 0 Å². The summed E-state index contributed by atoms with van der Waals surface area (Å²) >= 11 is 1.58. The number of aliphatic hydroxyl groups is 1. The zero-order valence-electron chi connectivity index (χ0n) is 30.9. The van der Waals surface area contributed by atoms with Gasteiger partial charge in [0.25, 0.3) is 0 Å². The topological polar surface area (TPSA) is 177 Å². The fourth-order valence-corrected chi connectivity index (χ4v) is 8.03. The van der Waals surface area contributed by atoms with Gasteiger partial charge in [-0.1, -0.05) is 57.2 Å². The quantitative estimate of drug-likeness (QED) is 0.131.